The van der Waals surface area contributed by atoms with E-state index in [-0.39, 0.29) is 11.8 Å². The second-order valence-corrected chi connectivity index (χ2v) is 7.22. The zero-order valence-corrected chi connectivity index (χ0v) is 13.3. The molecule has 1 saturated heterocycles. The van der Waals surface area contributed by atoms with Crippen molar-refractivity contribution in [1.82, 2.24) is 15.1 Å². The second kappa shape index (κ2) is 7.31. The predicted octanol–water partition coefficient (Wildman–Crippen LogP) is 3.04. The lowest BCUT2D eigenvalue weighted by Crippen LogP contribution is -2.29. The fraction of sp³-hybridized carbons (Fsp3) is 0.800. The number of nitrogens with zero attached hydrogens (tertiary/aromatic N) is 3. The molecule has 0 radical (unpaired) electrons. The average molecular weight is 308 g/mol. The average Bonchev–Trinajstić information content (AvgIpc) is 2.96. The van der Waals surface area contributed by atoms with Crippen LogP contribution in [0.25, 0.3) is 0 Å². The van der Waals surface area contributed by atoms with Gasteiger partial charge in [0.2, 0.25) is 11.0 Å². The smallest absolute Gasteiger partial charge is 0.229 e. The molecule has 1 aliphatic heterocycles. The van der Waals surface area contributed by atoms with Crippen molar-refractivity contribution in [2.75, 3.05) is 18.4 Å². The summed E-state index contributed by atoms with van der Waals surface area (Å²) < 4.78 is 0. The number of nitrogens with one attached hydrogen (secondary N) is 1. The Bertz CT molecular complexity index is 464. The molecule has 0 atom stereocenters. The van der Waals surface area contributed by atoms with Crippen LogP contribution in [-0.2, 0) is 11.3 Å². The first-order valence-corrected chi connectivity index (χ1v) is 8.98. The maximum Gasteiger partial charge on any atom is 0.229 e. The minimum Gasteiger partial charge on any atom is -0.300 e. The van der Waals surface area contributed by atoms with Gasteiger partial charge in [-0.25, -0.2) is 0 Å². The van der Waals surface area contributed by atoms with Crippen LogP contribution in [0.2, 0.25) is 0 Å². The Balaban J connectivity index is 1.50. The van der Waals surface area contributed by atoms with Gasteiger partial charge < -0.3 is 5.32 Å². The third-order valence-corrected chi connectivity index (χ3v) is 5.30. The Morgan fingerprint density at radius 3 is 2.57 bits per heavy atom. The Hall–Kier alpha value is -1.01. The Labute approximate surface area is 130 Å². The number of likely N-dealkylation sites (tertiary alicyclic amines) is 1. The van der Waals surface area contributed by atoms with Crippen molar-refractivity contribution in [1.29, 1.82) is 0 Å². The van der Waals surface area contributed by atoms with Crippen molar-refractivity contribution in [3.8, 4) is 0 Å². The topological polar surface area (TPSA) is 58.1 Å². The molecule has 3 rings (SSSR count). The van der Waals surface area contributed by atoms with Gasteiger partial charge in [-0.3, -0.25) is 9.69 Å². The molecule has 1 saturated carbocycles. The summed E-state index contributed by atoms with van der Waals surface area (Å²) in [5.41, 5.74) is 0. The summed E-state index contributed by atoms with van der Waals surface area (Å²) in [4.78, 5) is 14.6. The van der Waals surface area contributed by atoms with Crippen molar-refractivity contribution in [3.05, 3.63) is 5.01 Å². The molecule has 0 bridgehead atoms. The molecule has 0 aromatic carbocycles. The van der Waals surface area contributed by atoms with E-state index in [0.717, 1.165) is 37.5 Å². The first-order chi connectivity index (χ1) is 10.3. The van der Waals surface area contributed by atoms with Crippen molar-refractivity contribution in [2.24, 2.45) is 5.92 Å². The van der Waals surface area contributed by atoms with Crippen molar-refractivity contribution >= 4 is 22.4 Å². The van der Waals surface area contributed by atoms with Crippen LogP contribution in [0.15, 0.2) is 0 Å². The molecule has 116 valence electrons. The molecule has 2 fully saturated rings. The monoisotopic (exact) mass is 308 g/mol. The van der Waals surface area contributed by atoms with Gasteiger partial charge in [-0.05, 0) is 38.8 Å². The fourth-order valence-electron chi connectivity index (χ4n) is 3.25. The van der Waals surface area contributed by atoms with Crippen LogP contribution in [0.4, 0.5) is 5.13 Å². The number of carbonyl (C=O) groups excluding carboxylic acids is 1. The SMILES string of the molecule is O=C(Nc1nnc(CN2CCCCC2)s1)C1CCCCC1. The largest absolute Gasteiger partial charge is 0.300 e. The Morgan fingerprint density at radius 2 is 1.81 bits per heavy atom. The van der Waals surface area contributed by atoms with E-state index in [4.69, 9.17) is 0 Å². The van der Waals surface area contributed by atoms with Gasteiger partial charge in [-0.1, -0.05) is 37.0 Å². The molecule has 0 unspecified atom stereocenters. The highest BCUT2D eigenvalue weighted by atomic mass is 32.1. The zero-order chi connectivity index (χ0) is 14.5. The quantitative estimate of drug-likeness (QED) is 0.929. The number of rotatable bonds is 4. The Morgan fingerprint density at radius 1 is 1.10 bits per heavy atom. The molecule has 21 heavy (non-hydrogen) atoms. The first kappa shape index (κ1) is 14.9. The second-order valence-electron chi connectivity index (χ2n) is 6.16. The standard InChI is InChI=1S/C15H24N4OS/c20-14(12-7-3-1-4-8-12)16-15-18-17-13(21-15)11-19-9-5-2-6-10-19/h12H,1-11H2,(H,16,18,20). The predicted molar refractivity (Wildman–Crippen MR) is 84.2 cm³/mol. The van der Waals surface area contributed by atoms with Gasteiger partial charge in [0.15, 0.2) is 0 Å². The van der Waals surface area contributed by atoms with Crippen LogP contribution in [-0.4, -0.2) is 34.1 Å². The number of anilines is 1. The number of piperidine rings is 1. The van der Waals surface area contributed by atoms with Crippen molar-refractivity contribution in [3.63, 3.8) is 0 Å². The van der Waals surface area contributed by atoms with Gasteiger partial charge in [0.05, 0.1) is 6.54 Å². The number of hydrogen-bond acceptors (Lipinski definition) is 5. The van der Waals surface area contributed by atoms with Crippen LogP contribution in [0.5, 0.6) is 0 Å². The number of amides is 1. The van der Waals surface area contributed by atoms with E-state index in [1.54, 1.807) is 0 Å². The van der Waals surface area contributed by atoms with Gasteiger partial charge in [0.25, 0.3) is 0 Å². The molecule has 1 N–H and O–H groups in total. The van der Waals surface area contributed by atoms with E-state index < -0.39 is 0 Å². The number of carbonyl (C=O) groups is 1. The molecule has 1 aromatic heterocycles. The summed E-state index contributed by atoms with van der Waals surface area (Å²) in [6, 6.07) is 0. The van der Waals surface area contributed by atoms with E-state index in [1.807, 2.05) is 0 Å². The van der Waals surface area contributed by atoms with Crippen LogP contribution in [0.1, 0.15) is 56.4 Å². The summed E-state index contributed by atoms with van der Waals surface area (Å²) in [5.74, 6) is 0.309. The Kier molecular flexibility index (Phi) is 5.19. The zero-order valence-electron chi connectivity index (χ0n) is 12.5. The molecule has 0 spiro atoms. The van der Waals surface area contributed by atoms with E-state index in [0.29, 0.717) is 5.13 Å². The summed E-state index contributed by atoms with van der Waals surface area (Å²) in [6.45, 7) is 3.18. The van der Waals surface area contributed by atoms with Gasteiger partial charge in [-0.2, -0.15) is 0 Å². The highest BCUT2D eigenvalue weighted by Gasteiger charge is 2.22. The summed E-state index contributed by atoms with van der Waals surface area (Å²) >= 11 is 1.52. The maximum atomic E-state index is 12.2. The number of aromatic nitrogens is 2. The van der Waals surface area contributed by atoms with Crippen molar-refractivity contribution in [2.45, 2.75) is 57.9 Å². The molecule has 2 heterocycles. The van der Waals surface area contributed by atoms with Gasteiger partial charge in [0.1, 0.15) is 5.01 Å². The summed E-state index contributed by atoms with van der Waals surface area (Å²) in [6.07, 6.45) is 9.56. The van der Waals surface area contributed by atoms with Crippen LogP contribution < -0.4 is 5.32 Å². The van der Waals surface area contributed by atoms with E-state index in [1.165, 1.54) is 49.9 Å². The third kappa shape index (κ3) is 4.23. The molecule has 5 nitrogen and oxygen atoms in total. The van der Waals surface area contributed by atoms with Crippen LogP contribution in [0, 0.1) is 5.92 Å². The highest BCUT2D eigenvalue weighted by Crippen LogP contribution is 2.26. The minimum atomic E-state index is 0.135. The van der Waals surface area contributed by atoms with E-state index in [2.05, 4.69) is 20.4 Å². The van der Waals surface area contributed by atoms with E-state index in [9.17, 15) is 4.79 Å². The maximum absolute atomic E-state index is 12.2. The lowest BCUT2D eigenvalue weighted by molar-refractivity contribution is -0.120. The lowest BCUT2D eigenvalue weighted by atomic mass is 9.89. The first-order valence-electron chi connectivity index (χ1n) is 8.17. The third-order valence-electron chi connectivity index (χ3n) is 4.48. The van der Waals surface area contributed by atoms with Gasteiger partial charge in [-0.15, -0.1) is 10.2 Å². The van der Waals surface area contributed by atoms with Crippen molar-refractivity contribution < 1.29 is 4.79 Å². The fourth-order valence-corrected chi connectivity index (χ4v) is 4.03. The van der Waals surface area contributed by atoms with Crippen LogP contribution >= 0.6 is 11.3 Å². The molecular formula is C15H24N4OS. The molecular weight excluding hydrogens is 284 g/mol. The van der Waals surface area contributed by atoms with Gasteiger partial charge in [0, 0.05) is 5.92 Å². The summed E-state index contributed by atoms with van der Waals surface area (Å²) in [7, 11) is 0. The molecule has 1 aliphatic carbocycles. The van der Waals surface area contributed by atoms with E-state index >= 15 is 0 Å². The molecule has 6 heteroatoms. The molecule has 1 amide bonds. The van der Waals surface area contributed by atoms with Crippen LogP contribution in [0.3, 0.4) is 0 Å². The molecule has 1 aromatic rings. The normalized spacial score (nSPS) is 21.3. The number of hydrogen-bond donors (Lipinski definition) is 1. The minimum absolute atomic E-state index is 0.135. The highest BCUT2D eigenvalue weighted by molar-refractivity contribution is 7.15. The van der Waals surface area contributed by atoms with Gasteiger partial charge >= 0.3 is 0 Å². The lowest BCUT2D eigenvalue weighted by Gasteiger charge is -2.24. The molecule has 2 aliphatic rings. The summed E-state index contributed by atoms with van der Waals surface area (Å²) in [5, 5.41) is 13.0.